The summed E-state index contributed by atoms with van der Waals surface area (Å²) in [5.41, 5.74) is 2.47. The van der Waals surface area contributed by atoms with Crippen LogP contribution in [0.4, 0.5) is 14.6 Å². The summed E-state index contributed by atoms with van der Waals surface area (Å²) in [4.78, 5) is 14.7. The number of nitrogens with zero attached hydrogens (tertiary/aromatic N) is 3. The molecule has 2 aromatic carbocycles. The molecule has 1 unspecified atom stereocenters. The molecule has 1 atom stereocenters. The van der Waals surface area contributed by atoms with Crippen LogP contribution in [-0.2, 0) is 11.2 Å². The minimum atomic E-state index is -0.288. The van der Waals surface area contributed by atoms with Crippen LogP contribution in [0.25, 0.3) is 11.3 Å². The summed E-state index contributed by atoms with van der Waals surface area (Å²) in [5, 5.41) is 11.6. The second-order valence-electron chi connectivity index (χ2n) is 7.74. The lowest BCUT2D eigenvalue weighted by atomic mass is 9.97. The normalized spacial score (nSPS) is 16.2. The number of aromatic nitrogens is 2. The molecule has 1 aromatic heterocycles. The number of halogens is 2. The molecule has 1 aliphatic heterocycles. The van der Waals surface area contributed by atoms with Crippen molar-refractivity contribution in [3.63, 3.8) is 0 Å². The molecular weight excluding hydrogens is 398 g/mol. The van der Waals surface area contributed by atoms with Crippen LogP contribution in [0.2, 0.25) is 0 Å². The molecule has 0 bridgehead atoms. The number of hydrogen-bond acceptors (Lipinski definition) is 4. The summed E-state index contributed by atoms with van der Waals surface area (Å²) < 4.78 is 26.1. The number of amides is 1. The van der Waals surface area contributed by atoms with E-state index in [0.717, 1.165) is 36.3 Å². The van der Waals surface area contributed by atoms with Gasteiger partial charge in [-0.1, -0.05) is 12.1 Å². The fourth-order valence-electron chi connectivity index (χ4n) is 3.79. The number of carbonyl (C=O) groups excluding carboxylic acids is 1. The number of piperidine rings is 1. The van der Waals surface area contributed by atoms with Crippen LogP contribution in [0.1, 0.15) is 18.4 Å². The van der Waals surface area contributed by atoms with Crippen LogP contribution >= 0.6 is 0 Å². The molecule has 4 rings (SSSR count). The third-order valence-corrected chi connectivity index (χ3v) is 5.53. The molecule has 0 radical (unpaired) electrons. The fourth-order valence-corrected chi connectivity index (χ4v) is 3.79. The van der Waals surface area contributed by atoms with Gasteiger partial charge in [0.25, 0.3) is 0 Å². The van der Waals surface area contributed by atoms with Crippen molar-refractivity contribution in [1.82, 2.24) is 15.5 Å². The Morgan fingerprint density at radius 1 is 0.968 bits per heavy atom. The highest BCUT2D eigenvalue weighted by Gasteiger charge is 2.26. The SMILES string of the molecule is O=C(NCCc1ccc(F)cc1)C1CCCN(c2ccc(-c3ccc(F)cc3)nn2)C1. The molecule has 1 saturated heterocycles. The number of anilines is 1. The van der Waals surface area contributed by atoms with Crippen molar-refractivity contribution in [3.05, 3.63) is 77.9 Å². The van der Waals surface area contributed by atoms with Gasteiger partial charge < -0.3 is 10.2 Å². The van der Waals surface area contributed by atoms with E-state index in [1.165, 1.54) is 24.3 Å². The van der Waals surface area contributed by atoms with Gasteiger partial charge in [-0.25, -0.2) is 8.78 Å². The first-order valence-corrected chi connectivity index (χ1v) is 10.5. The van der Waals surface area contributed by atoms with E-state index in [9.17, 15) is 13.6 Å². The summed E-state index contributed by atoms with van der Waals surface area (Å²) in [6, 6.07) is 16.2. The molecule has 31 heavy (non-hydrogen) atoms. The van der Waals surface area contributed by atoms with Gasteiger partial charge in [0.05, 0.1) is 11.6 Å². The van der Waals surface area contributed by atoms with E-state index in [1.807, 2.05) is 12.1 Å². The molecule has 1 aliphatic rings. The molecule has 1 N–H and O–H groups in total. The number of hydrogen-bond donors (Lipinski definition) is 1. The number of carbonyl (C=O) groups is 1. The van der Waals surface area contributed by atoms with E-state index >= 15 is 0 Å². The third kappa shape index (κ3) is 5.42. The average Bonchev–Trinajstić information content (AvgIpc) is 2.81. The molecule has 160 valence electrons. The minimum absolute atomic E-state index is 0.0303. The van der Waals surface area contributed by atoms with Crippen LogP contribution in [0.5, 0.6) is 0 Å². The molecule has 1 amide bonds. The highest BCUT2D eigenvalue weighted by Crippen LogP contribution is 2.23. The zero-order chi connectivity index (χ0) is 21.6. The molecule has 0 aliphatic carbocycles. The summed E-state index contributed by atoms with van der Waals surface area (Å²) in [6.45, 7) is 1.93. The second kappa shape index (κ2) is 9.64. The van der Waals surface area contributed by atoms with Crippen LogP contribution in [-0.4, -0.2) is 35.7 Å². The molecular formula is C24H24F2N4O. The zero-order valence-corrected chi connectivity index (χ0v) is 17.1. The van der Waals surface area contributed by atoms with Crippen LogP contribution in [0.15, 0.2) is 60.7 Å². The number of benzene rings is 2. The topological polar surface area (TPSA) is 58.1 Å². The van der Waals surface area contributed by atoms with E-state index < -0.39 is 0 Å². The molecule has 5 nitrogen and oxygen atoms in total. The molecule has 3 aromatic rings. The van der Waals surface area contributed by atoms with Crippen molar-refractivity contribution >= 4 is 11.7 Å². The van der Waals surface area contributed by atoms with Crippen LogP contribution in [0.3, 0.4) is 0 Å². The molecule has 1 fully saturated rings. The van der Waals surface area contributed by atoms with Gasteiger partial charge in [-0.15, -0.1) is 10.2 Å². The van der Waals surface area contributed by atoms with Crippen molar-refractivity contribution < 1.29 is 13.6 Å². The maximum absolute atomic E-state index is 13.1. The predicted molar refractivity (Wildman–Crippen MR) is 115 cm³/mol. The van der Waals surface area contributed by atoms with Gasteiger partial charge in [-0.2, -0.15) is 0 Å². The Bertz CT molecular complexity index is 1010. The van der Waals surface area contributed by atoms with E-state index in [1.54, 1.807) is 24.3 Å². The van der Waals surface area contributed by atoms with E-state index in [0.29, 0.717) is 25.2 Å². The summed E-state index contributed by atoms with van der Waals surface area (Å²) in [7, 11) is 0. The Labute approximate surface area is 180 Å². The first-order valence-electron chi connectivity index (χ1n) is 10.5. The summed E-state index contributed by atoms with van der Waals surface area (Å²) in [5.74, 6) is 0.102. The number of rotatable bonds is 6. The van der Waals surface area contributed by atoms with Crippen molar-refractivity contribution in [3.8, 4) is 11.3 Å². The molecule has 2 heterocycles. The molecule has 0 saturated carbocycles. The fraction of sp³-hybridized carbons (Fsp3) is 0.292. The predicted octanol–water partition coefficient (Wildman–Crippen LogP) is 4.00. The maximum atomic E-state index is 13.1. The smallest absolute Gasteiger partial charge is 0.224 e. The van der Waals surface area contributed by atoms with Gasteiger partial charge in [0.2, 0.25) is 5.91 Å². The minimum Gasteiger partial charge on any atom is -0.355 e. The van der Waals surface area contributed by atoms with E-state index in [-0.39, 0.29) is 23.5 Å². The number of nitrogens with one attached hydrogen (secondary N) is 1. The second-order valence-corrected chi connectivity index (χ2v) is 7.74. The van der Waals surface area contributed by atoms with Crippen LogP contribution < -0.4 is 10.2 Å². The van der Waals surface area contributed by atoms with Crippen molar-refractivity contribution in [2.75, 3.05) is 24.5 Å². The maximum Gasteiger partial charge on any atom is 0.224 e. The average molecular weight is 422 g/mol. The van der Waals surface area contributed by atoms with Crippen molar-refractivity contribution in [1.29, 1.82) is 0 Å². The lowest BCUT2D eigenvalue weighted by Crippen LogP contribution is -2.43. The van der Waals surface area contributed by atoms with Gasteiger partial charge in [0.1, 0.15) is 11.6 Å². The third-order valence-electron chi connectivity index (χ3n) is 5.53. The summed E-state index contributed by atoms with van der Waals surface area (Å²) in [6.07, 6.45) is 2.40. The highest BCUT2D eigenvalue weighted by molar-refractivity contribution is 5.79. The van der Waals surface area contributed by atoms with Gasteiger partial charge in [0, 0.05) is 25.2 Å². The monoisotopic (exact) mass is 422 g/mol. The van der Waals surface area contributed by atoms with Gasteiger partial charge in [0.15, 0.2) is 5.82 Å². The Balaban J connectivity index is 1.31. The zero-order valence-electron chi connectivity index (χ0n) is 17.1. The van der Waals surface area contributed by atoms with Crippen molar-refractivity contribution in [2.45, 2.75) is 19.3 Å². The molecule has 0 spiro atoms. The lowest BCUT2D eigenvalue weighted by molar-refractivity contribution is -0.125. The quantitative estimate of drug-likeness (QED) is 0.653. The first-order chi connectivity index (χ1) is 15.1. The van der Waals surface area contributed by atoms with Crippen molar-refractivity contribution in [2.24, 2.45) is 5.92 Å². The van der Waals surface area contributed by atoms with Gasteiger partial charge in [-0.3, -0.25) is 4.79 Å². The van der Waals surface area contributed by atoms with Crippen LogP contribution in [0, 0.1) is 17.6 Å². The Hall–Kier alpha value is -3.35. The Kier molecular flexibility index (Phi) is 6.50. The summed E-state index contributed by atoms with van der Waals surface area (Å²) >= 11 is 0. The van der Waals surface area contributed by atoms with Gasteiger partial charge in [-0.05, 0) is 73.4 Å². The van der Waals surface area contributed by atoms with E-state index in [2.05, 4.69) is 20.4 Å². The Morgan fingerprint density at radius 3 is 2.35 bits per heavy atom. The Morgan fingerprint density at radius 2 is 1.68 bits per heavy atom. The first kappa shape index (κ1) is 20.9. The standard InChI is InChI=1S/C24H24F2N4O/c25-20-7-3-17(4-8-20)13-14-27-24(31)19-2-1-15-30(16-19)23-12-11-22(28-29-23)18-5-9-21(26)10-6-18/h3-12,19H,1-2,13-16H2,(H,27,31). The molecule has 7 heteroatoms. The highest BCUT2D eigenvalue weighted by atomic mass is 19.1. The van der Waals surface area contributed by atoms with Gasteiger partial charge >= 0.3 is 0 Å². The largest absolute Gasteiger partial charge is 0.355 e. The van der Waals surface area contributed by atoms with E-state index in [4.69, 9.17) is 0 Å². The lowest BCUT2D eigenvalue weighted by Gasteiger charge is -2.32.